The van der Waals surface area contributed by atoms with Crippen molar-refractivity contribution >= 4 is 34.3 Å². The van der Waals surface area contributed by atoms with Gasteiger partial charge in [-0.2, -0.15) is 11.8 Å². The van der Waals surface area contributed by atoms with Gasteiger partial charge in [-0.05, 0) is 35.1 Å². The molecule has 112 valence electrons. The highest BCUT2D eigenvalue weighted by molar-refractivity contribution is 7.99. The predicted molar refractivity (Wildman–Crippen MR) is 90.0 cm³/mol. The predicted octanol–water partition coefficient (Wildman–Crippen LogP) is 3.08. The second-order valence-corrected chi connectivity index (χ2v) is 5.86. The molecule has 0 fully saturated rings. The van der Waals surface area contributed by atoms with E-state index in [4.69, 9.17) is 5.11 Å². The van der Waals surface area contributed by atoms with Crippen LogP contribution in [0.1, 0.15) is 6.42 Å². The number of anilines is 1. The quantitative estimate of drug-likeness (QED) is 0.689. The highest BCUT2D eigenvalue weighted by Gasteiger charge is 2.01. The van der Waals surface area contributed by atoms with Crippen LogP contribution in [0.5, 0.6) is 0 Å². The van der Waals surface area contributed by atoms with Crippen LogP contribution in [0, 0.1) is 0 Å². The van der Waals surface area contributed by atoms with E-state index in [1.165, 1.54) is 0 Å². The normalized spacial score (nSPS) is 10.5. The largest absolute Gasteiger partial charge is 0.396 e. The van der Waals surface area contributed by atoms with Crippen LogP contribution < -0.4 is 10.6 Å². The molecule has 21 heavy (non-hydrogen) atoms. The van der Waals surface area contributed by atoms with E-state index in [0.29, 0.717) is 6.54 Å². The van der Waals surface area contributed by atoms with Crippen LogP contribution in [0.3, 0.4) is 0 Å². The Morgan fingerprint density at radius 3 is 2.71 bits per heavy atom. The van der Waals surface area contributed by atoms with Crippen LogP contribution in [0.2, 0.25) is 0 Å². The minimum absolute atomic E-state index is 0.187. The van der Waals surface area contributed by atoms with Crippen LogP contribution in [0.15, 0.2) is 42.5 Å². The van der Waals surface area contributed by atoms with Gasteiger partial charge < -0.3 is 15.7 Å². The van der Waals surface area contributed by atoms with Crippen molar-refractivity contribution in [2.75, 3.05) is 30.0 Å². The Bertz CT molecular complexity index is 589. The molecule has 0 atom stereocenters. The second-order valence-electron chi connectivity index (χ2n) is 4.63. The van der Waals surface area contributed by atoms with E-state index >= 15 is 0 Å². The summed E-state index contributed by atoms with van der Waals surface area (Å²) in [5.74, 6) is 1.77. The van der Waals surface area contributed by atoms with E-state index < -0.39 is 0 Å². The van der Waals surface area contributed by atoms with Crippen molar-refractivity contribution in [3.8, 4) is 0 Å². The lowest BCUT2D eigenvalue weighted by molar-refractivity contribution is 0.252. The Morgan fingerprint density at radius 2 is 1.90 bits per heavy atom. The molecule has 0 saturated heterocycles. The summed E-state index contributed by atoms with van der Waals surface area (Å²) in [6.07, 6.45) is 0.800. The molecule has 4 nitrogen and oxygen atoms in total. The van der Waals surface area contributed by atoms with E-state index in [9.17, 15) is 4.79 Å². The number of thioether (sulfide) groups is 1. The number of amides is 2. The van der Waals surface area contributed by atoms with Gasteiger partial charge in [0.25, 0.3) is 0 Å². The number of hydrogen-bond acceptors (Lipinski definition) is 3. The molecule has 0 spiro atoms. The summed E-state index contributed by atoms with van der Waals surface area (Å²) in [7, 11) is 0. The first-order valence-electron chi connectivity index (χ1n) is 7.02. The molecule has 0 aliphatic rings. The first kappa shape index (κ1) is 15.7. The lowest BCUT2D eigenvalue weighted by Crippen LogP contribution is -2.30. The van der Waals surface area contributed by atoms with Crippen molar-refractivity contribution in [1.29, 1.82) is 0 Å². The number of carbonyl (C=O) groups is 1. The molecule has 0 heterocycles. The van der Waals surface area contributed by atoms with E-state index in [0.717, 1.165) is 34.4 Å². The number of rotatable bonds is 7. The smallest absolute Gasteiger partial charge is 0.319 e. The van der Waals surface area contributed by atoms with Gasteiger partial charge in [0.2, 0.25) is 0 Å². The van der Waals surface area contributed by atoms with Gasteiger partial charge in [-0.1, -0.05) is 30.3 Å². The number of urea groups is 1. The minimum atomic E-state index is -0.187. The highest BCUT2D eigenvalue weighted by Crippen LogP contribution is 2.18. The number of fused-ring (bicyclic) bond motifs is 1. The number of aliphatic hydroxyl groups is 1. The molecule has 0 aliphatic carbocycles. The van der Waals surface area contributed by atoms with Gasteiger partial charge >= 0.3 is 6.03 Å². The maximum absolute atomic E-state index is 11.8. The van der Waals surface area contributed by atoms with Gasteiger partial charge in [0.05, 0.1) is 0 Å². The van der Waals surface area contributed by atoms with Gasteiger partial charge in [-0.15, -0.1) is 0 Å². The van der Waals surface area contributed by atoms with E-state index in [2.05, 4.69) is 10.6 Å². The summed E-state index contributed by atoms with van der Waals surface area (Å²) in [6, 6.07) is 13.7. The zero-order valence-corrected chi connectivity index (χ0v) is 12.7. The first-order valence-corrected chi connectivity index (χ1v) is 8.17. The van der Waals surface area contributed by atoms with E-state index in [1.54, 1.807) is 11.8 Å². The summed E-state index contributed by atoms with van der Waals surface area (Å²) >= 11 is 1.73. The minimum Gasteiger partial charge on any atom is -0.396 e. The molecular formula is C16H20N2O2S. The molecule has 0 saturated carbocycles. The number of aliphatic hydroxyl groups excluding tert-OH is 1. The number of nitrogens with one attached hydrogen (secondary N) is 2. The topological polar surface area (TPSA) is 61.4 Å². The molecule has 2 rings (SSSR count). The molecule has 3 N–H and O–H groups in total. The van der Waals surface area contributed by atoms with Crippen molar-refractivity contribution in [3.63, 3.8) is 0 Å². The molecule has 0 aromatic heterocycles. The molecule has 0 unspecified atom stereocenters. The molecule has 2 aromatic carbocycles. The van der Waals surface area contributed by atoms with E-state index in [-0.39, 0.29) is 12.6 Å². The summed E-state index contributed by atoms with van der Waals surface area (Å²) < 4.78 is 0. The molecule has 2 amide bonds. The van der Waals surface area contributed by atoms with Gasteiger partial charge in [0.15, 0.2) is 0 Å². The lowest BCUT2D eigenvalue weighted by atomic mass is 10.1. The van der Waals surface area contributed by atoms with Gasteiger partial charge in [-0.3, -0.25) is 0 Å². The monoisotopic (exact) mass is 304 g/mol. The Kier molecular flexibility index (Phi) is 6.37. The molecule has 0 aliphatic heterocycles. The number of hydrogen-bond donors (Lipinski definition) is 3. The third-order valence-corrected chi connectivity index (χ3v) is 4.06. The van der Waals surface area contributed by atoms with Gasteiger partial charge in [-0.25, -0.2) is 4.79 Å². The number of benzene rings is 2. The third kappa shape index (κ3) is 5.28. The maximum atomic E-state index is 11.8. The summed E-state index contributed by atoms with van der Waals surface area (Å²) in [5.41, 5.74) is 0.791. The number of carbonyl (C=O) groups excluding carboxylic acids is 1. The maximum Gasteiger partial charge on any atom is 0.319 e. The molecule has 2 aromatic rings. The Balaban J connectivity index is 1.76. The Hall–Kier alpha value is -1.72. The average molecular weight is 304 g/mol. The Labute approximate surface area is 128 Å². The van der Waals surface area contributed by atoms with Crippen molar-refractivity contribution in [2.24, 2.45) is 0 Å². The fourth-order valence-corrected chi connectivity index (χ4v) is 2.73. The lowest BCUT2D eigenvalue weighted by Gasteiger charge is -2.08. The molecular weight excluding hydrogens is 284 g/mol. The zero-order valence-electron chi connectivity index (χ0n) is 11.8. The van der Waals surface area contributed by atoms with Gasteiger partial charge in [0.1, 0.15) is 0 Å². The zero-order chi connectivity index (χ0) is 14.9. The van der Waals surface area contributed by atoms with Crippen molar-refractivity contribution < 1.29 is 9.90 Å². The van der Waals surface area contributed by atoms with E-state index in [1.807, 2.05) is 42.5 Å². The van der Waals surface area contributed by atoms with Crippen LogP contribution >= 0.6 is 11.8 Å². The third-order valence-electron chi connectivity index (χ3n) is 2.99. The summed E-state index contributed by atoms with van der Waals surface area (Å²) in [5, 5.41) is 16.6. The fraction of sp³-hybridized carbons (Fsp3) is 0.312. The summed E-state index contributed by atoms with van der Waals surface area (Å²) in [6.45, 7) is 0.846. The fourth-order valence-electron chi connectivity index (χ4n) is 1.95. The molecule has 0 radical (unpaired) electrons. The standard InChI is InChI=1S/C16H20N2O2S/c19-9-3-10-21-11-8-17-16(20)18-15-7-6-13-4-1-2-5-14(13)12-15/h1-2,4-7,12,19H,3,8-11H2,(H2,17,18,20). The van der Waals surface area contributed by atoms with Gasteiger partial charge in [0, 0.05) is 24.6 Å². The Morgan fingerprint density at radius 1 is 1.10 bits per heavy atom. The van der Waals surface area contributed by atoms with Crippen molar-refractivity contribution in [1.82, 2.24) is 5.32 Å². The van der Waals surface area contributed by atoms with Crippen LogP contribution in [0.25, 0.3) is 10.8 Å². The SMILES string of the molecule is O=C(NCCSCCCO)Nc1ccc2ccccc2c1. The molecule has 5 heteroatoms. The summed E-state index contributed by atoms with van der Waals surface area (Å²) in [4.78, 5) is 11.8. The van der Waals surface area contributed by atoms with Crippen LogP contribution in [-0.2, 0) is 0 Å². The average Bonchev–Trinajstić information content (AvgIpc) is 2.50. The second kappa shape index (κ2) is 8.54. The van der Waals surface area contributed by atoms with Crippen LogP contribution in [-0.4, -0.2) is 35.8 Å². The van der Waals surface area contributed by atoms with Crippen molar-refractivity contribution in [3.05, 3.63) is 42.5 Å². The van der Waals surface area contributed by atoms with Crippen molar-refractivity contribution in [2.45, 2.75) is 6.42 Å². The highest BCUT2D eigenvalue weighted by atomic mass is 32.2. The van der Waals surface area contributed by atoms with Crippen LogP contribution in [0.4, 0.5) is 10.5 Å². The first-order chi connectivity index (χ1) is 10.3. The molecule has 0 bridgehead atoms.